The molecule has 6 heteroatoms. The van der Waals surface area contributed by atoms with Gasteiger partial charge in [-0.2, -0.15) is 5.10 Å². The molecule has 1 atom stereocenters. The number of hydrogen-bond donors (Lipinski definition) is 1. The van der Waals surface area contributed by atoms with E-state index in [2.05, 4.69) is 9.82 Å². The first-order valence-electron chi connectivity index (χ1n) is 5.97. The Morgan fingerprint density at radius 3 is 2.42 bits per heavy atom. The number of nitrogens with one attached hydrogen (secondary N) is 1. The lowest BCUT2D eigenvalue weighted by atomic mass is 10.1. The Bertz CT molecular complexity index is 662. The van der Waals surface area contributed by atoms with Crippen LogP contribution >= 0.6 is 0 Å². The first-order valence-corrected chi connectivity index (χ1v) is 7.46. The zero-order valence-electron chi connectivity index (χ0n) is 11.2. The van der Waals surface area contributed by atoms with Gasteiger partial charge in [0.2, 0.25) is 10.0 Å². The van der Waals surface area contributed by atoms with Crippen LogP contribution in [0.5, 0.6) is 0 Å². The van der Waals surface area contributed by atoms with Gasteiger partial charge in [0.1, 0.15) is 4.90 Å². The van der Waals surface area contributed by atoms with Crippen LogP contribution in [-0.2, 0) is 17.1 Å². The van der Waals surface area contributed by atoms with E-state index in [4.69, 9.17) is 0 Å². The molecular formula is C13H17N3O2S. The van der Waals surface area contributed by atoms with Crippen molar-refractivity contribution in [2.45, 2.75) is 24.8 Å². The molecule has 0 saturated heterocycles. The molecule has 19 heavy (non-hydrogen) atoms. The zero-order chi connectivity index (χ0) is 14.0. The summed E-state index contributed by atoms with van der Waals surface area (Å²) in [6.45, 7) is 3.50. The van der Waals surface area contributed by atoms with E-state index in [-0.39, 0.29) is 10.9 Å². The fourth-order valence-electron chi connectivity index (χ4n) is 1.95. The molecule has 5 nitrogen and oxygen atoms in total. The van der Waals surface area contributed by atoms with Gasteiger partial charge in [0.25, 0.3) is 0 Å². The lowest BCUT2D eigenvalue weighted by Gasteiger charge is -2.14. The van der Waals surface area contributed by atoms with Crippen molar-refractivity contribution in [3.8, 4) is 0 Å². The lowest BCUT2D eigenvalue weighted by Crippen LogP contribution is -2.27. The maximum absolute atomic E-state index is 12.3. The van der Waals surface area contributed by atoms with Crippen LogP contribution in [0.2, 0.25) is 0 Å². The molecule has 0 radical (unpaired) electrons. The fourth-order valence-corrected chi connectivity index (χ4v) is 3.40. The zero-order valence-corrected chi connectivity index (χ0v) is 12.0. The van der Waals surface area contributed by atoms with E-state index < -0.39 is 10.0 Å². The summed E-state index contributed by atoms with van der Waals surface area (Å²) in [5.74, 6) is 0. The van der Waals surface area contributed by atoms with Crippen LogP contribution in [0.4, 0.5) is 0 Å². The molecule has 1 aromatic heterocycles. The van der Waals surface area contributed by atoms with Crippen molar-refractivity contribution in [2.75, 3.05) is 0 Å². The van der Waals surface area contributed by atoms with Crippen molar-refractivity contribution in [2.24, 2.45) is 7.05 Å². The third-order valence-corrected chi connectivity index (χ3v) is 4.53. The molecule has 0 aliphatic rings. The maximum atomic E-state index is 12.3. The first kappa shape index (κ1) is 13.8. The number of nitrogens with zero attached hydrogens (tertiary/aromatic N) is 2. The number of sulfonamides is 1. The van der Waals surface area contributed by atoms with Crippen molar-refractivity contribution >= 4 is 10.0 Å². The minimum Gasteiger partial charge on any atom is -0.274 e. The SMILES string of the molecule is Cc1nn(C)cc1S(=O)(=O)N[C@@H](C)c1ccccc1. The molecule has 1 aromatic carbocycles. The number of aryl methyl sites for hydroxylation is 2. The largest absolute Gasteiger partial charge is 0.274 e. The second-order valence-corrected chi connectivity index (χ2v) is 6.19. The van der Waals surface area contributed by atoms with Gasteiger partial charge in [0.15, 0.2) is 0 Å². The van der Waals surface area contributed by atoms with Crippen LogP contribution in [0, 0.1) is 6.92 Å². The number of aromatic nitrogens is 2. The Morgan fingerprint density at radius 2 is 1.89 bits per heavy atom. The van der Waals surface area contributed by atoms with E-state index in [1.807, 2.05) is 37.3 Å². The minimum absolute atomic E-state index is 0.220. The van der Waals surface area contributed by atoms with E-state index in [0.717, 1.165) is 5.56 Å². The molecule has 2 rings (SSSR count). The van der Waals surface area contributed by atoms with Gasteiger partial charge in [-0.05, 0) is 19.4 Å². The van der Waals surface area contributed by atoms with E-state index in [1.165, 1.54) is 10.9 Å². The van der Waals surface area contributed by atoms with Crippen molar-refractivity contribution in [1.82, 2.24) is 14.5 Å². The third kappa shape index (κ3) is 3.02. The second kappa shape index (κ2) is 5.14. The van der Waals surface area contributed by atoms with E-state index in [0.29, 0.717) is 5.69 Å². The Balaban J connectivity index is 2.25. The molecule has 0 spiro atoms. The summed E-state index contributed by atoms with van der Waals surface area (Å²) >= 11 is 0. The Hall–Kier alpha value is -1.66. The number of benzene rings is 1. The predicted molar refractivity (Wildman–Crippen MR) is 73.1 cm³/mol. The van der Waals surface area contributed by atoms with Crippen LogP contribution in [0.1, 0.15) is 24.2 Å². The first-order chi connectivity index (χ1) is 8.90. The predicted octanol–water partition coefficient (Wildman–Crippen LogP) is 1.77. The molecule has 102 valence electrons. The van der Waals surface area contributed by atoms with Gasteiger partial charge in [0.05, 0.1) is 5.69 Å². The summed E-state index contributed by atoms with van der Waals surface area (Å²) < 4.78 is 28.7. The van der Waals surface area contributed by atoms with Gasteiger partial charge in [-0.25, -0.2) is 13.1 Å². The van der Waals surface area contributed by atoms with Crippen molar-refractivity contribution in [1.29, 1.82) is 0 Å². The summed E-state index contributed by atoms with van der Waals surface area (Å²) in [6, 6.07) is 9.17. The van der Waals surface area contributed by atoms with Crippen LogP contribution in [0.25, 0.3) is 0 Å². The average molecular weight is 279 g/mol. The highest BCUT2D eigenvalue weighted by Crippen LogP contribution is 2.18. The van der Waals surface area contributed by atoms with Crippen LogP contribution < -0.4 is 4.72 Å². The van der Waals surface area contributed by atoms with Crippen LogP contribution in [0.15, 0.2) is 41.4 Å². The Labute approximate surface area is 113 Å². The van der Waals surface area contributed by atoms with Gasteiger partial charge < -0.3 is 0 Å². The molecule has 0 aliphatic carbocycles. The summed E-state index contributed by atoms with van der Waals surface area (Å²) in [6.07, 6.45) is 1.51. The molecule has 2 aromatic rings. The summed E-state index contributed by atoms with van der Waals surface area (Å²) in [5.41, 5.74) is 1.42. The van der Waals surface area contributed by atoms with Crippen molar-refractivity contribution < 1.29 is 8.42 Å². The van der Waals surface area contributed by atoms with Gasteiger partial charge in [-0.15, -0.1) is 0 Å². The Morgan fingerprint density at radius 1 is 1.26 bits per heavy atom. The van der Waals surface area contributed by atoms with Crippen molar-refractivity contribution in [3.05, 3.63) is 47.8 Å². The maximum Gasteiger partial charge on any atom is 0.244 e. The van der Waals surface area contributed by atoms with Crippen molar-refractivity contribution in [3.63, 3.8) is 0 Å². The molecule has 0 amide bonds. The normalized spacial score (nSPS) is 13.4. The minimum atomic E-state index is -3.55. The molecule has 0 bridgehead atoms. The van der Waals surface area contributed by atoms with E-state index in [9.17, 15) is 8.42 Å². The fraction of sp³-hybridized carbons (Fsp3) is 0.308. The highest BCUT2D eigenvalue weighted by molar-refractivity contribution is 7.89. The molecular weight excluding hydrogens is 262 g/mol. The Kier molecular flexibility index (Phi) is 3.73. The molecule has 0 aliphatic heterocycles. The van der Waals surface area contributed by atoms with E-state index >= 15 is 0 Å². The number of rotatable bonds is 4. The second-order valence-electron chi connectivity index (χ2n) is 4.51. The van der Waals surface area contributed by atoms with E-state index in [1.54, 1.807) is 14.0 Å². The molecule has 0 saturated carbocycles. The van der Waals surface area contributed by atoms with Gasteiger partial charge in [0, 0.05) is 19.3 Å². The summed E-state index contributed by atoms with van der Waals surface area (Å²) in [7, 11) is -1.85. The highest BCUT2D eigenvalue weighted by Gasteiger charge is 2.22. The van der Waals surface area contributed by atoms with Gasteiger partial charge >= 0.3 is 0 Å². The summed E-state index contributed by atoms with van der Waals surface area (Å²) in [4.78, 5) is 0.220. The van der Waals surface area contributed by atoms with Gasteiger partial charge in [-0.1, -0.05) is 30.3 Å². The standard InChI is InChI=1S/C13H17N3O2S/c1-10(12-7-5-4-6-8-12)15-19(17,18)13-9-16(3)14-11(13)2/h4-10,15H,1-3H3/t10-/m0/s1. The third-order valence-electron chi connectivity index (χ3n) is 2.89. The molecule has 1 heterocycles. The molecule has 0 fully saturated rings. The smallest absolute Gasteiger partial charge is 0.244 e. The average Bonchev–Trinajstić information content (AvgIpc) is 2.70. The van der Waals surface area contributed by atoms with Crippen LogP contribution in [0.3, 0.4) is 0 Å². The summed E-state index contributed by atoms with van der Waals surface area (Å²) in [5, 5.41) is 4.05. The lowest BCUT2D eigenvalue weighted by molar-refractivity contribution is 0.566. The number of hydrogen-bond acceptors (Lipinski definition) is 3. The monoisotopic (exact) mass is 279 g/mol. The molecule has 0 unspecified atom stereocenters. The topological polar surface area (TPSA) is 64.0 Å². The van der Waals surface area contributed by atoms with Gasteiger partial charge in [-0.3, -0.25) is 4.68 Å². The highest BCUT2D eigenvalue weighted by atomic mass is 32.2. The molecule has 1 N–H and O–H groups in total. The van der Waals surface area contributed by atoms with Crippen LogP contribution in [-0.4, -0.2) is 18.2 Å². The quantitative estimate of drug-likeness (QED) is 0.927.